The number of aliphatic imine (C=N–C) groups is 1. The summed E-state index contributed by atoms with van der Waals surface area (Å²) < 4.78 is 5.10. The fourth-order valence-electron chi connectivity index (χ4n) is 2.50. The number of hydrogen-bond donors (Lipinski definition) is 5. The number of carbonyl (C=O) groups excluding carboxylic acids is 2. The number of hydrogen-bond acceptors (Lipinski definition) is 5. The van der Waals surface area contributed by atoms with Crippen molar-refractivity contribution >= 4 is 29.8 Å². The second-order valence-electron chi connectivity index (χ2n) is 6.89. The Morgan fingerprint density at radius 3 is 2.52 bits per heavy atom. The van der Waals surface area contributed by atoms with Gasteiger partial charge in [-0.15, -0.1) is 0 Å². The van der Waals surface area contributed by atoms with Crippen LogP contribution in [0.25, 0.3) is 6.08 Å². The Bertz CT molecular complexity index is 723. The number of guanidine groups is 1. The van der Waals surface area contributed by atoms with Gasteiger partial charge in [0.2, 0.25) is 11.8 Å². The smallest absolute Gasteiger partial charge is 0.326 e. The van der Waals surface area contributed by atoms with Gasteiger partial charge in [0.05, 0.1) is 6.26 Å². The summed E-state index contributed by atoms with van der Waals surface area (Å²) in [4.78, 5) is 40.1. The quantitative estimate of drug-likeness (QED) is 0.145. The maximum atomic E-state index is 12.6. The zero-order valence-corrected chi connectivity index (χ0v) is 16.6. The molecular weight excluding hydrogens is 378 g/mol. The Morgan fingerprint density at radius 1 is 1.24 bits per heavy atom. The first-order valence-corrected chi connectivity index (χ1v) is 9.29. The van der Waals surface area contributed by atoms with Crippen LogP contribution in [0.3, 0.4) is 0 Å². The highest BCUT2D eigenvalue weighted by Gasteiger charge is 2.26. The van der Waals surface area contributed by atoms with Crippen LogP contribution in [0.15, 0.2) is 33.9 Å². The van der Waals surface area contributed by atoms with Crippen LogP contribution in [-0.4, -0.2) is 47.5 Å². The minimum absolute atomic E-state index is 0.0701. The normalized spacial score (nSPS) is 13.1. The first kappa shape index (κ1) is 23.7. The standard InChI is InChI=1S/C19H29N5O5/c1-12(2)11-15(18(27)28)24-17(26)14(6-3-9-22-19(20)21)23-16(25)8-7-13-5-4-10-29-13/h4-5,7-8,10,12,14-15H,3,6,9,11H2,1-2H3,(H,23,25)(H,24,26)(H,27,28)(H4,20,21,22)/b8-7-/t14-,15+/m1/s1. The molecule has 10 heteroatoms. The molecule has 0 unspecified atom stereocenters. The van der Waals surface area contributed by atoms with Gasteiger partial charge in [-0.3, -0.25) is 14.6 Å². The molecule has 2 amide bonds. The van der Waals surface area contributed by atoms with E-state index in [0.29, 0.717) is 12.2 Å². The van der Waals surface area contributed by atoms with Crippen molar-refractivity contribution in [2.45, 2.75) is 45.2 Å². The van der Waals surface area contributed by atoms with E-state index in [1.54, 1.807) is 12.1 Å². The number of nitrogens with two attached hydrogens (primary N) is 2. The fraction of sp³-hybridized carbons (Fsp3) is 0.474. The Hall–Kier alpha value is -3.30. The summed E-state index contributed by atoms with van der Waals surface area (Å²) in [5, 5.41) is 14.4. The minimum Gasteiger partial charge on any atom is -0.480 e. The molecule has 0 saturated heterocycles. The molecule has 0 bridgehead atoms. The lowest BCUT2D eigenvalue weighted by molar-refractivity contribution is -0.142. The van der Waals surface area contributed by atoms with E-state index in [-0.39, 0.29) is 31.3 Å². The van der Waals surface area contributed by atoms with Crippen LogP contribution in [0.4, 0.5) is 0 Å². The van der Waals surface area contributed by atoms with Crippen LogP contribution < -0.4 is 22.1 Å². The number of nitrogens with zero attached hydrogens (tertiary/aromatic N) is 1. The molecular formula is C19H29N5O5. The van der Waals surface area contributed by atoms with Crippen LogP contribution in [0.1, 0.15) is 38.9 Å². The summed E-state index contributed by atoms with van der Waals surface area (Å²) in [6.07, 6.45) is 5.09. The number of nitrogens with one attached hydrogen (secondary N) is 2. The fourth-order valence-corrected chi connectivity index (χ4v) is 2.50. The highest BCUT2D eigenvalue weighted by molar-refractivity contribution is 5.96. The Labute approximate surface area is 169 Å². The van der Waals surface area contributed by atoms with E-state index >= 15 is 0 Å². The molecule has 160 valence electrons. The molecule has 0 aliphatic heterocycles. The molecule has 0 fully saturated rings. The van der Waals surface area contributed by atoms with Crippen LogP contribution in [0, 0.1) is 5.92 Å². The molecule has 7 N–H and O–H groups in total. The number of carboxylic acids is 1. The first-order valence-electron chi connectivity index (χ1n) is 9.29. The summed E-state index contributed by atoms with van der Waals surface area (Å²) in [5.41, 5.74) is 10.6. The van der Waals surface area contributed by atoms with E-state index in [1.807, 2.05) is 13.8 Å². The molecule has 0 aliphatic carbocycles. The molecule has 2 atom stereocenters. The molecule has 0 aliphatic rings. The summed E-state index contributed by atoms with van der Waals surface area (Å²) >= 11 is 0. The third-order valence-corrected chi connectivity index (χ3v) is 3.84. The zero-order valence-electron chi connectivity index (χ0n) is 16.6. The monoisotopic (exact) mass is 407 g/mol. The molecule has 0 spiro atoms. The zero-order chi connectivity index (χ0) is 21.8. The number of carbonyl (C=O) groups is 3. The molecule has 1 aromatic heterocycles. The van der Waals surface area contributed by atoms with Crippen molar-refractivity contribution in [2.75, 3.05) is 6.54 Å². The number of aliphatic carboxylic acids is 1. The predicted octanol–water partition coefficient (Wildman–Crippen LogP) is 0.447. The van der Waals surface area contributed by atoms with Crippen LogP contribution >= 0.6 is 0 Å². The highest BCUT2D eigenvalue weighted by atomic mass is 16.4. The van der Waals surface area contributed by atoms with E-state index in [0.717, 1.165) is 0 Å². The topological polar surface area (TPSA) is 173 Å². The Kier molecular flexibility index (Phi) is 10.00. The van der Waals surface area contributed by atoms with E-state index in [1.165, 1.54) is 18.4 Å². The predicted molar refractivity (Wildman–Crippen MR) is 109 cm³/mol. The van der Waals surface area contributed by atoms with Crippen LogP contribution in [0.2, 0.25) is 0 Å². The van der Waals surface area contributed by atoms with Crippen LogP contribution in [-0.2, 0) is 14.4 Å². The van der Waals surface area contributed by atoms with Gasteiger partial charge in [-0.1, -0.05) is 13.8 Å². The lowest BCUT2D eigenvalue weighted by atomic mass is 10.0. The third kappa shape index (κ3) is 9.99. The van der Waals surface area contributed by atoms with Gasteiger partial charge in [-0.2, -0.15) is 0 Å². The van der Waals surface area contributed by atoms with Crippen molar-refractivity contribution < 1.29 is 23.9 Å². The average molecular weight is 407 g/mol. The lowest BCUT2D eigenvalue weighted by Crippen LogP contribution is -2.51. The van der Waals surface area contributed by atoms with E-state index in [4.69, 9.17) is 15.9 Å². The molecule has 10 nitrogen and oxygen atoms in total. The summed E-state index contributed by atoms with van der Waals surface area (Å²) in [6.45, 7) is 3.99. The molecule has 1 aromatic rings. The van der Waals surface area contributed by atoms with Gasteiger partial charge in [-0.25, -0.2) is 4.79 Å². The second-order valence-corrected chi connectivity index (χ2v) is 6.89. The highest BCUT2D eigenvalue weighted by Crippen LogP contribution is 2.07. The van der Waals surface area contributed by atoms with Crippen LogP contribution in [0.5, 0.6) is 0 Å². The largest absolute Gasteiger partial charge is 0.480 e. The number of rotatable bonds is 12. The molecule has 1 rings (SSSR count). The number of furan rings is 1. The maximum Gasteiger partial charge on any atom is 0.326 e. The van der Waals surface area contributed by atoms with Gasteiger partial charge in [0.15, 0.2) is 5.96 Å². The molecule has 0 aromatic carbocycles. The van der Waals surface area contributed by atoms with Gasteiger partial charge >= 0.3 is 5.97 Å². The number of carboxylic acid groups (broad SMARTS) is 1. The van der Waals surface area contributed by atoms with Gasteiger partial charge in [0, 0.05) is 12.6 Å². The maximum absolute atomic E-state index is 12.6. The van der Waals surface area contributed by atoms with Crippen molar-refractivity contribution in [3.63, 3.8) is 0 Å². The molecule has 0 saturated carbocycles. The van der Waals surface area contributed by atoms with Crippen molar-refractivity contribution in [1.29, 1.82) is 0 Å². The SMILES string of the molecule is CC(C)C[C@H](NC(=O)[C@@H](CCCN=C(N)N)NC(=O)/C=C\c1ccco1)C(=O)O. The van der Waals surface area contributed by atoms with Gasteiger partial charge < -0.3 is 31.6 Å². The molecule has 0 radical (unpaired) electrons. The van der Waals surface area contributed by atoms with E-state index in [2.05, 4.69) is 15.6 Å². The second kappa shape index (κ2) is 12.2. The molecule has 1 heterocycles. The Balaban J connectivity index is 2.79. The van der Waals surface area contributed by atoms with E-state index < -0.39 is 29.9 Å². The van der Waals surface area contributed by atoms with Gasteiger partial charge in [0.25, 0.3) is 0 Å². The van der Waals surface area contributed by atoms with Gasteiger partial charge in [0.1, 0.15) is 17.8 Å². The van der Waals surface area contributed by atoms with Crippen molar-refractivity contribution in [1.82, 2.24) is 10.6 Å². The summed E-state index contributed by atoms with van der Waals surface area (Å²) in [7, 11) is 0. The summed E-state index contributed by atoms with van der Waals surface area (Å²) in [5.74, 6) is -1.74. The van der Waals surface area contributed by atoms with E-state index in [9.17, 15) is 19.5 Å². The minimum atomic E-state index is -1.13. The average Bonchev–Trinajstić information content (AvgIpc) is 3.14. The molecule has 29 heavy (non-hydrogen) atoms. The summed E-state index contributed by atoms with van der Waals surface area (Å²) in [6, 6.07) is 1.37. The van der Waals surface area contributed by atoms with Crippen molar-refractivity contribution in [3.05, 3.63) is 30.2 Å². The third-order valence-electron chi connectivity index (χ3n) is 3.84. The van der Waals surface area contributed by atoms with Crippen molar-refractivity contribution in [2.24, 2.45) is 22.4 Å². The van der Waals surface area contributed by atoms with Crippen molar-refractivity contribution in [3.8, 4) is 0 Å². The number of amides is 2. The first-order chi connectivity index (χ1) is 13.7. The Morgan fingerprint density at radius 2 is 1.97 bits per heavy atom. The van der Waals surface area contributed by atoms with Gasteiger partial charge in [-0.05, 0) is 43.4 Å². The lowest BCUT2D eigenvalue weighted by Gasteiger charge is -2.22.